The summed E-state index contributed by atoms with van der Waals surface area (Å²) in [5, 5.41) is 7.60. The van der Waals surface area contributed by atoms with Crippen molar-refractivity contribution in [3.8, 4) is 0 Å². The van der Waals surface area contributed by atoms with Crippen LogP contribution in [0.3, 0.4) is 0 Å². The van der Waals surface area contributed by atoms with Crippen molar-refractivity contribution in [2.45, 2.75) is 0 Å². The number of carbonyl (C=O) groups is 1. The predicted molar refractivity (Wildman–Crippen MR) is 40.4 cm³/mol. The molecule has 0 aromatic rings. The zero-order chi connectivity index (χ0) is 8.41. The van der Waals surface area contributed by atoms with E-state index in [0.29, 0.717) is 0 Å². The highest BCUT2D eigenvalue weighted by molar-refractivity contribution is 6.17. The fourth-order valence-corrected chi connectivity index (χ4v) is 0.354. The molecule has 0 spiro atoms. The quantitative estimate of drug-likeness (QED) is 0.453. The van der Waals surface area contributed by atoms with Gasteiger partial charge in [-0.2, -0.15) is 0 Å². The molecule has 4 nitrogen and oxygen atoms in total. The van der Waals surface area contributed by atoms with Gasteiger partial charge in [0, 0.05) is 20.3 Å². The molecule has 0 heterocycles. The number of carboxylic acids is 1. The van der Waals surface area contributed by atoms with E-state index in [1.54, 1.807) is 14.2 Å². The highest BCUT2D eigenvalue weighted by atomic mass is 28.3. The Morgan fingerprint density at radius 1 is 1.60 bits per heavy atom. The van der Waals surface area contributed by atoms with Crippen molar-refractivity contribution in [3.63, 3.8) is 0 Å². The van der Waals surface area contributed by atoms with Crippen molar-refractivity contribution < 1.29 is 18.8 Å². The van der Waals surface area contributed by atoms with Crippen molar-refractivity contribution in [1.29, 1.82) is 0 Å². The second kappa shape index (κ2) is 11.2. The van der Waals surface area contributed by atoms with Gasteiger partial charge in [-0.1, -0.05) is 6.58 Å². The van der Waals surface area contributed by atoms with Gasteiger partial charge in [0.05, 0.1) is 0 Å². The second-order valence-corrected chi connectivity index (χ2v) is 2.63. The van der Waals surface area contributed by atoms with Crippen LogP contribution >= 0.6 is 0 Å². The molecule has 1 N–H and O–H groups in total. The molecule has 0 amide bonds. The summed E-state index contributed by atoms with van der Waals surface area (Å²) in [4.78, 5) is 9.25. The number of hydrogen-bond acceptors (Lipinski definition) is 3. The third kappa shape index (κ3) is 26.4. The zero-order valence-corrected chi connectivity index (χ0v) is 7.58. The van der Waals surface area contributed by atoms with E-state index in [1.807, 2.05) is 0 Å². The van der Waals surface area contributed by atoms with Crippen LogP contribution in [0.2, 0.25) is 0 Å². The second-order valence-electron chi connectivity index (χ2n) is 1.24. The van der Waals surface area contributed by atoms with Gasteiger partial charge in [0.15, 0.2) is 0 Å². The lowest BCUT2D eigenvalue weighted by Crippen LogP contribution is -1.93. The van der Waals surface area contributed by atoms with E-state index < -0.39 is 16.0 Å². The molecule has 0 bridgehead atoms. The third-order valence-electron chi connectivity index (χ3n) is 0.410. The van der Waals surface area contributed by atoms with E-state index in [-0.39, 0.29) is 0 Å². The van der Waals surface area contributed by atoms with E-state index in [9.17, 15) is 4.79 Å². The van der Waals surface area contributed by atoms with E-state index in [4.69, 9.17) is 5.11 Å². The Balaban J connectivity index is 0. The van der Waals surface area contributed by atoms with E-state index >= 15 is 0 Å². The molecule has 0 aliphatic rings. The summed E-state index contributed by atoms with van der Waals surface area (Å²) in [5.74, 6) is -0.981. The van der Waals surface area contributed by atoms with Crippen molar-refractivity contribution in [2.24, 2.45) is 0 Å². The first-order chi connectivity index (χ1) is 4.68. The van der Waals surface area contributed by atoms with Gasteiger partial charge >= 0.3 is 16.0 Å². The molecule has 60 valence electrons. The van der Waals surface area contributed by atoms with Gasteiger partial charge in [0.2, 0.25) is 0 Å². The average Bonchev–Trinajstić information content (AvgIpc) is 1.91. The van der Waals surface area contributed by atoms with Crippen LogP contribution < -0.4 is 0 Å². The SMILES string of the molecule is C=CC(=O)O.CO[SiH2]OC. The molecular weight excluding hydrogens is 152 g/mol. The Kier molecular flexibility index (Phi) is 13.5. The molecule has 0 aromatic heterocycles. The number of carboxylic acid groups (broad SMARTS) is 1. The first kappa shape index (κ1) is 12.1. The smallest absolute Gasteiger partial charge is 0.327 e. The summed E-state index contributed by atoms with van der Waals surface area (Å²) < 4.78 is 9.22. The van der Waals surface area contributed by atoms with Gasteiger partial charge in [-0.05, 0) is 0 Å². The molecule has 0 rings (SSSR count). The Morgan fingerprint density at radius 3 is 1.90 bits per heavy atom. The summed E-state index contributed by atoms with van der Waals surface area (Å²) in [6.07, 6.45) is 0.833. The first-order valence-electron chi connectivity index (χ1n) is 2.52. The zero-order valence-electron chi connectivity index (χ0n) is 6.16. The van der Waals surface area contributed by atoms with Crippen LogP contribution in [0.5, 0.6) is 0 Å². The van der Waals surface area contributed by atoms with Crippen LogP contribution in [0.15, 0.2) is 12.7 Å². The molecule has 0 atom stereocenters. The summed E-state index contributed by atoms with van der Waals surface area (Å²) in [7, 11) is 2.73. The molecule has 0 radical (unpaired) electrons. The number of rotatable bonds is 3. The van der Waals surface area contributed by atoms with Crippen LogP contribution in [0.25, 0.3) is 0 Å². The Bertz CT molecular complexity index is 91.6. The van der Waals surface area contributed by atoms with Crippen molar-refractivity contribution in [3.05, 3.63) is 12.7 Å². The highest BCUT2D eigenvalue weighted by Crippen LogP contribution is 1.55. The average molecular weight is 164 g/mol. The molecule has 0 fully saturated rings. The van der Waals surface area contributed by atoms with Crippen molar-refractivity contribution >= 4 is 16.0 Å². The van der Waals surface area contributed by atoms with Crippen LogP contribution in [0.1, 0.15) is 0 Å². The maximum absolute atomic E-state index is 9.25. The fourth-order valence-electron chi connectivity index (χ4n) is 0.118. The van der Waals surface area contributed by atoms with E-state index in [2.05, 4.69) is 15.4 Å². The van der Waals surface area contributed by atoms with Gasteiger partial charge < -0.3 is 14.0 Å². The van der Waals surface area contributed by atoms with Gasteiger partial charge in [-0.15, -0.1) is 0 Å². The molecule has 0 aliphatic heterocycles. The maximum Gasteiger partial charge on any atom is 0.327 e. The standard InChI is InChI=1S/C3H4O2.C2H8O2Si/c1-2-3(4)5;1-3-5-4-2/h2H,1H2,(H,4,5);5H2,1-2H3. The molecule has 0 unspecified atom stereocenters. The van der Waals surface area contributed by atoms with E-state index in [0.717, 1.165) is 6.08 Å². The van der Waals surface area contributed by atoms with E-state index in [1.165, 1.54) is 0 Å². The van der Waals surface area contributed by atoms with Crippen LogP contribution in [-0.2, 0) is 13.6 Å². The van der Waals surface area contributed by atoms with Gasteiger partial charge in [-0.3, -0.25) is 0 Å². The third-order valence-corrected chi connectivity index (χ3v) is 0.882. The monoisotopic (exact) mass is 164 g/mol. The lowest BCUT2D eigenvalue weighted by molar-refractivity contribution is -0.131. The maximum atomic E-state index is 9.25. The predicted octanol–water partition coefficient (Wildman–Crippen LogP) is -0.465. The Hall–Kier alpha value is -0.653. The van der Waals surface area contributed by atoms with Gasteiger partial charge in [0.25, 0.3) is 0 Å². The van der Waals surface area contributed by atoms with Crippen molar-refractivity contribution in [2.75, 3.05) is 14.2 Å². The molecule has 5 heteroatoms. The summed E-state index contributed by atoms with van der Waals surface area (Å²) in [6, 6.07) is 0. The van der Waals surface area contributed by atoms with Crippen LogP contribution in [0.4, 0.5) is 0 Å². The molecule has 0 aromatic carbocycles. The minimum atomic E-state index is -0.981. The normalized spacial score (nSPS) is 7.40. The Labute approximate surface area is 62.5 Å². The number of aliphatic carboxylic acids is 1. The highest BCUT2D eigenvalue weighted by Gasteiger charge is 1.73. The summed E-state index contributed by atoms with van der Waals surface area (Å²) in [6.45, 7) is 2.96. The largest absolute Gasteiger partial charge is 0.478 e. The molecule has 0 aliphatic carbocycles. The lowest BCUT2D eigenvalue weighted by Gasteiger charge is -1.86. The molecule has 10 heavy (non-hydrogen) atoms. The lowest BCUT2D eigenvalue weighted by atomic mass is 10.7. The van der Waals surface area contributed by atoms with Crippen molar-refractivity contribution in [1.82, 2.24) is 0 Å². The molecular formula is C5H12O4Si. The summed E-state index contributed by atoms with van der Waals surface area (Å²) >= 11 is 0. The Morgan fingerprint density at radius 2 is 1.90 bits per heavy atom. The molecule has 0 saturated heterocycles. The number of hydrogen-bond donors (Lipinski definition) is 1. The van der Waals surface area contributed by atoms with Gasteiger partial charge in [-0.25, -0.2) is 4.79 Å². The first-order valence-corrected chi connectivity index (χ1v) is 3.67. The summed E-state index contributed by atoms with van der Waals surface area (Å²) in [5.41, 5.74) is 0. The van der Waals surface area contributed by atoms with Crippen LogP contribution in [0, 0.1) is 0 Å². The molecule has 0 saturated carbocycles. The fraction of sp³-hybridized carbons (Fsp3) is 0.400. The van der Waals surface area contributed by atoms with Crippen LogP contribution in [-0.4, -0.2) is 35.3 Å². The van der Waals surface area contributed by atoms with Gasteiger partial charge in [0.1, 0.15) is 0 Å². The minimum absolute atomic E-state index is 0.568. The topological polar surface area (TPSA) is 55.8 Å². The minimum Gasteiger partial charge on any atom is -0.478 e.